The minimum Gasteiger partial charge on any atom is -0.319 e. The molecule has 76 valence electrons. The summed E-state index contributed by atoms with van der Waals surface area (Å²) in [5, 5.41) is 0.362. The van der Waals surface area contributed by atoms with Crippen molar-refractivity contribution in [1.82, 2.24) is 14.5 Å². The molecule has 2 rings (SSSR count). The summed E-state index contributed by atoms with van der Waals surface area (Å²) in [6, 6.07) is 4.94. The van der Waals surface area contributed by atoms with Crippen molar-refractivity contribution in [2.24, 2.45) is 7.05 Å². The number of hydrogen-bond acceptors (Lipinski definition) is 3. The average Bonchev–Trinajstić information content (AvgIpc) is 2.22. The zero-order chi connectivity index (χ0) is 10.8. The van der Waals surface area contributed by atoms with E-state index < -0.39 is 0 Å². The lowest BCUT2D eigenvalue weighted by atomic mass is 10.2. The first-order chi connectivity index (χ1) is 7.16. The highest BCUT2D eigenvalue weighted by Crippen LogP contribution is 2.16. The van der Waals surface area contributed by atoms with Crippen molar-refractivity contribution in [3.05, 3.63) is 46.2 Å². The van der Waals surface area contributed by atoms with Gasteiger partial charge in [-0.2, -0.15) is 0 Å². The molecule has 4 nitrogen and oxygen atoms in total. The molecule has 0 unspecified atom stereocenters. The van der Waals surface area contributed by atoms with Gasteiger partial charge in [-0.3, -0.25) is 4.79 Å². The Balaban J connectivity index is 2.55. The molecule has 2 aromatic rings. The van der Waals surface area contributed by atoms with Crippen molar-refractivity contribution < 1.29 is 0 Å². The Bertz CT molecular complexity index is 550. The maximum absolute atomic E-state index is 11.4. The van der Waals surface area contributed by atoms with Gasteiger partial charge in [0, 0.05) is 30.9 Å². The second-order valence-electron chi connectivity index (χ2n) is 3.09. The van der Waals surface area contributed by atoms with Gasteiger partial charge in [0.1, 0.15) is 11.5 Å². The van der Waals surface area contributed by atoms with Crippen molar-refractivity contribution in [2.45, 2.75) is 0 Å². The molecule has 0 amide bonds. The SMILES string of the molecule is Cn1ccc(-c2cc(Cl)ncn2)cc1=O. The summed E-state index contributed by atoms with van der Waals surface area (Å²) in [5.41, 5.74) is 1.30. The van der Waals surface area contributed by atoms with Crippen molar-refractivity contribution in [3.8, 4) is 11.3 Å². The van der Waals surface area contributed by atoms with E-state index in [1.165, 1.54) is 17.0 Å². The molecule has 0 N–H and O–H groups in total. The average molecular weight is 222 g/mol. The standard InChI is InChI=1S/C10H8ClN3O/c1-14-3-2-7(4-10(14)15)8-5-9(11)13-6-12-8/h2-6H,1H3. The lowest BCUT2D eigenvalue weighted by Crippen LogP contribution is -2.14. The van der Waals surface area contributed by atoms with Gasteiger partial charge >= 0.3 is 0 Å². The Kier molecular flexibility index (Phi) is 2.51. The topological polar surface area (TPSA) is 47.8 Å². The third kappa shape index (κ3) is 2.05. The maximum atomic E-state index is 11.4. The Labute approximate surface area is 91.2 Å². The van der Waals surface area contributed by atoms with E-state index in [0.717, 1.165) is 5.56 Å². The minimum absolute atomic E-state index is 0.0813. The lowest BCUT2D eigenvalue weighted by Gasteiger charge is -2.01. The van der Waals surface area contributed by atoms with Gasteiger partial charge in [-0.05, 0) is 6.07 Å². The molecule has 15 heavy (non-hydrogen) atoms. The van der Waals surface area contributed by atoms with Crippen LogP contribution in [0.3, 0.4) is 0 Å². The van der Waals surface area contributed by atoms with Crippen LogP contribution in [0.4, 0.5) is 0 Å². The van der Waals surface area contributed by atoms with Crippen LogP contribution >= 0.6 is 11.6 Å². The third-order valence-electron chi connectivity index (χ3n) is 2.03. The second kappa shape index (κ2) is 3.82. The summed E-state index contributed by atoms with van der Waals surface area (Å²) in [4.78, 5) is 19.2. The summed E-state index contributed by atoms with van der Waals surface area (Å²) in [5.74, 6) is 0. The highest BCUT2D eigenvalue weighted by atomic mass is 35.5. The second-order valence-corrected chi connectivity index (χ2v) is 3.48. The van der Waals surface area contributed by atoms with Crippen LogP contribution in [-0.2, 0) is 7.05 Å². The number of rotatable bonds is 1. The summed E-state index contributed by atoms with van der Waals surface area (Å²) in [6.45, 7) is 0. The molecule has 0 atom stereocenters. The van der Waals surface area contributed by atoms with Crippen LogP contribution in [0.5, 0.6) is 0 Å². The highest BCUT2D eigenvalue weighted by Gasteiger charge is 2.01. The molecule has 0 fully saturated rings. The van der Waals surface area contributed by atoms with Crippen molar-refractivity contribution >= 4 is 11.6 Å². The van der Waals surface area contributed by atoms with Crippen LogP contribution in [-0.4, -0.2) is 14.5 Å². The lowest BCUT2D eigenvalue weighted by molar-refractivity contribution is 0.861. The summed E-state index contributed by atoms with van der Waals surface area (Å²) >= 11 is 5.73. The van der Waals surface area contributed by atoms with Crippen LogP contribution in [0, 0.1) is 0 Å². The van der Waals surface area contributed by atoms with Crippen LogP contribution in [0.1, 0.15) is 0 Å². The molecular formula is C10H8ClN3O. The van der Waals surface area contributed by atoms with E-state index in [4.69, 9.17) is 11.6 Å². The van der Waals surface area contributed by atoms with E-state index in [2.05, 4.69) is 9.97 Å². The fourth-order valence-corrected chi connectivity index (χ4v) is 1.35. The van der Waals surface area contributed by atoms with Gasteiger partial charge in [-0.25, -0.2) is 9.97 Å². The van der Waals surface area contributed by atoms with E-state index in [9.17, 15) is 4.79 Å². The van der Waals surface area contributed by atoms with Gasteiger partial charge in [-0.1, -0.05) is 11.6 Å². The zero-order valence-electron chi connectivity index (χ0n) is 8.01. The molecule has 2 heterocycles. The summed E-state index contributed by atoms with van der Waals surface area (Å²) in [7, 11) is 1.69. The van der Waals surface area contributed by atoms with Crippen molar-refractivity contribution in [2.75, 3.05) is 0 Å². The predicted octanol–water partition coefficient (Wildman–Crippen LogP) is 1.50. The molecule has 2 aromatic heterocycles. The summed E-state index contributed by atoms with van der Waals surface area (Å²) < 4.78 is 1.49. The molecule has 0 saturated heterocycles. The number of halogens is 1. The molecule has 0 saturated carbocycles. The van der Waals surface area contributed by atoms with E-state index in [-0.39, 0.29) is 5.56 Å². The Morgan fingerprint density at radius 1 is 1.33 bits per heavy atom. The van der Waals surface area contributed by atoms with E-state index in [1.807, 2.05) is 0 Å². The first-order valence-corrected chi connectivity index (χ1v) is 4.69. The molecule has 0 aromatic carbocycles. The van der Waals surface area contributed by atoms with Crippen LogP contribution in [0.15, 0.2) is 35.5 Å². The van der Waals surface area contributed by atoms with E-state index >= 15 is 0 Å². The van der Waals surface area contributed by atoms with Gasteiger partial charge in [0.15, 0.2) is 0 Å². The quantitative estimate of drug-likeness (QED) is 0.686. The van der Waals surface area contributed by atoms with E-state index in [0.29, 0.717) is 10.8 Å². The monoisotopic (exact) mass is 221 g/mol. The third-order valence-corrected chi connectivity index (χ3v) is 2.24. The van der Waals surface area contributed by atoms with Gasteiger partial charge < -0.3 is 4.57 Å². The molecule has 0 aliphatic heterocycles. The molecule has 0 aliphatic rings. The number of pyridine rings is 1. The minimum atomic E-state index is -0.0813. The Morgan fingerprint density at radius 2 is 2.13 bits per heavy atom. The summed E-state index contributed by atoms with van der Waals surface area (Å²) in [6.07, 6.45) is 3.06. The molecule has 5 heteroatoms. The Morgan fingerprint density at radius 3 is 2.80 bits per heavy atom. The van der Waals surface area contributed by atoms with Crippen molar-refractivity contribution in [1.29, 1.82) is 0 Å². The van der Waals surface area contributed by atoms with Crippen molar-refractivity contribution in [3.63, 3.8) is 0 Å². The predicted molar refractivity (Wildman–Crippen MR) is 57.7 cm³/mol. The van der Waals surface area contributed by atoms with Gasteiger partial charge in [0.2, 0.25) is 0 Å². The molecule has 0 spiro atoms. The maximum Gasteiger partial charge on any atom is 0.250 e. The Hall–Kier alpha value is -1.68. The fourth-order valence-electron chi connectivity index (χ4n) is 1.20. The van der Waals surface area contributed by atoms with Crippen LogP contribution in [0.2, 0.25) is 5.15 Å². The number of hydrogen-bond donors (Lipinski definition) is 0. The normalized spacial score (nSPS) is 10.3. The molecular weight excluding hydrogens is 214 g/mol. The van der Waals surface area contributed by atoms with Gasteiger partial charge in [0.05, 0.1) is 5.69 Å². The zero-order valence-corrected chi connectivity index (χ0v) is 8.77. The fraction of sp³-hybridized carbons (Fsp3) is 0.100. The van der Waals surface area contributed by atoms with Crippen LogP contribution in [0.25, 0.3) is 11.3 Å². The highest BCUT2D eigenvalue weighted by molar-refractivity contribution is 6.29. The number of nitrogens with zero attached hydrogens (tertiary/aromatic N) is 3. The van der Waals surface area contributed by atoms with Crippen LogP contribution < -0.4 is 5.56 Å². The van der Waals surface area contributed by atoms with Gasteiger partial charge in [0.25, 0.3) is 5.56 Å². The molecule has 0 aliphatic carbocycles. The molecule has 0 radical (unpaired) electrons. The smallest absolute Gasteiger partial charge is 0.250 e. The number of aromatic nitrogens is 3. The number of aryl methyl sites for hydroxylation is 1. The first-order valence-electron chi connectivity index (χ1n) is 4.31. The largest absolute Gasteiger partial charge is 0.319 e. The van der Waals surface area contributed by atoms with Gasteiger partial charge in [-0.15, -0.1) is 0 Å². The first kappa shape index (κ1) is 9.86. The molecule has 0 bridgehead atoms. The van der Waals surface area contributed by atoms with E-state index in [1.54, 1.807) is 25.4 Å².